The van der Waals surface area contributed by atoms with Gasteiger partial charge in [-0.25, -0.2) is 0 Å². The van der Waals surface area contributed by atoms with Crippen LogP contribution in [0, 0.1) is 0 Å². The van der Waals surface area contributed by atoms with Crippen molar-refractivity contribution in [3.63, 3.8) is 0 Å². The first-order chi connectivity index (χ1) is 10.1. The third-order valence-electron chi connectivity index (χ3n) is 3.33. The average molecular weight is 301 g/mol. The molecule has 0 unspecified atom stereocenters. The van der Waals surface area contributed by atoms with Crippen LogP contribution in [0.1, 0.15) is 23.0 Å². The fraction of sp³-hybridized carbons (Fsp3) is 0.188. The van der Waals surface area contributed by atoms with Gasteiger partial charge in [0, 0.05) is 16.3 Å². The summed E-state index contributed by atoms with van der Waals surface area (Å²) in [5.74, 6) is 0.238. The Hall–Kier alpha value is -2.11. The number of aliphatic hydroxyl groups is 1. The Morgan fingerprint density at radius 1 is 1.38 bits per heavy atom. The molecule has 2 aromatic heterocycles. The van der Waals surface area contributed by atoms with Crippen LogP contribution in [0.5, 0.6) is 0 Å². The number of carbonyl (C=O) groups excluding carboxylic acids is 1. The van der Waals surface area contributed by atoms with Crippen molar-refractivity contribution in [2.75, 3.05) is 6.54 Å². The standard InChI is InChI=1S/C16H15NO3S/c1-16(19,10-17-15(18)12-6-7-21-9-12)14-8-11-4-2-3-5-13(11)20-14/h2-9,19H,10H2,1H3,(H,17,18)/t16-/m0/s1. The van der Waals surface area contributed by atoms with E-state index in [1.807, 2.05) is 29.6 Å². The molecule has 0 aliphatic rings. The molecule has 0 radical (unpaired) electrons. The highest BCUT2D eigenvalue weighted by atomic mass is 32.1. The highest BCUT2D eigenvalue weighted by molar-refractivity contribution is 7.08. The van der Waals surface area contributed by atoms with Crippen LogP contribution in [-0.4, -0.2) is 17.6 Å². The third kappa shape index (κ3) is 2.84. The van der Waals surface area contributed by atoms with Crippen LogP contribution in [0.3, 0.4) is 0 Å². The molecule has 0 bridgehead atoms. The molecule has 2 heterocycles. The number of thiophene rings is 1. The van der Waals surface area contributed by atoms with Gasteiger partial charge in [-0.05, 0) is 30.5 Å². The van der Waals surface area contributed by atoms with Crippen LogP contribution in [0.4, 0.5) is 0 Å². The molecule has 5 heteroatoms. The number of carbonyl (C=O) groups is 1. The van der Waals surface area contributed by atoms with Crippen molar-refractivity contribution in [1.29, 1.82) is 0 Å². The molecule has 3 rings (SSSR count). The highest BCUT2D eigenvalue weighted by Crippen LogP contribution is 2.27. The summed E-state index contributed by atoms with van der Waals surface area (Å²) in [5.41, 5.74) is 0.0578. The zero-order chi connectivity index (χ0) is 14.9. The molecule has 0 spiro atoms. The van der Waals surface area contributed by atoms with Crippen molar-refractivity contribution in [2.45, 2.75) is 12.5 Å². The molecule has 3 aromatic rings. The molecule has 0 aliphatic carbocycles. The summed E-state index contributed by atoms with van der Waals surface area (Å²) >= 11 is 1.46. The van der Waals surface area contributed by atoms with E-state index < -0.39 is 5.60 Å². The van der Waals surface area contributed by atoms with E-state index in [0.29, 0.717) is 11.3 Å². The minimum absolute atomic E-state index is 0.0848. The van der Waals surface area contributed by atoms with Gasteiger partial charge < -0.3 is 14.8 Å². The predicted octanol–water partition coefficient (Wildman–Crippen LogP) is 3.13. The Bertz CT molecular complexity index is 726. The first-order valence-electron chi connectivity index (χ1n) is 6.58. The van der Waals surface area contributed by atoms with Gasteiger partial charge in [-0.3, -0.25) is 4.79 Å². The summed E-state index contributed by atoms with van der Waals surface area (Å²) in [6.45, 7) is 1.71. The minimum Gasteiger partial charge on any atom is -0.458 e. The SMILES string of the molecule is C[C@](O)(CNC(=O)c1ccsc1)c1cc2ccccc2o1. The van der Waals surface area contributed by atoms with E-state index >= 15 is 0 Å². The number of furan rings is 1. The molecule has 1 atom stereocenters. The Labute approximate surface area is 126 Å². The van der Waals surface area contributed by atoms with Gasteiger partial charge in [-0.15, -0.1) is 0 Å². The molecular weight excluding hydrogens is 286 g/mol. The van der Waals surface area contributed by atoms with Crippen LogP contribution in [0.15, 0.2) is 51.6 Å². The Kier molecular flexibility index (Phi) is 3.53. The molecule has 0 saturated heterocycles. The van der Waals surface area contributed by atoms with Crippen LogP contribution >= 0.6 is 11.3 Å². The maximum absolute atomic E-state index is 11.9. The summed E-state index contributed by atoms with van der Waals surface area (Å²) in [6, 6.07) is 11.1. The van der Waals surface area contributed by atoms with Gasteiger partial charge in [0.25, 0.3) is 5.91 Å². The molecule has 108 valence electrons. The number of para-hydroxylation sites is 1. The van der Waals surface area contributed by atoms with Crippen molar-refractivity contribution in [3.8, 4) is 0 Å². The second-order valence-corrected chi connectivity index (χ2v) is 5.90. The number of amides is 1. The number of nitrogens with one attached hydrogen (secondary N) is 1. The summed E-state index contributed by atoms with van der Waals surface area (Å²) < 4.78 is 5.66. The van der Waals surface area contributed by atoms with E-state index in [2.05, 4.69) is 5.32 Å². The quantitative estimate of drug-likeness (QED) is 0.778. The van der Waals surface area contributed by atoms with Crippen LogP contribution in [0.25, 0.3) is 11.0 Å². The molecule has 0 fully saturated rings. The van der Waals surface area contributed by atoms with Gasteiger partial charge in [0.05, 0.1) is 6.54 Å². The van der Waals surface area contributed by atoms with Crippen LogP contribution in [-0.2, 0) is 5.60 Å². The average Bonchev–Trinajstić information content (AvgIpc) is 3.13. The van der Waals surface area contributed by atoms with E-state index in [9.17, 15) is 9.90 Å². The first kappa shape index (κ1) is 13.9. The summed E-state index contributed by atoms with van der Waals surface area (Å²) in [4.78, 5) is 11.9. The van der Waals surface area contributed by atoms with Gasteiger partial charge >= 0.3 is 0 Å². The van der Waals surface area contributed by atoms with E-state index in [1.165, 1.54) is 11.3 Å². The van der Waals surface area contributed by atoms with Gasteiger partial charge in [-0.1, -0.05) is 18.2 Å². The van der Waals surface area contributed by atoms with Crippen LogP contribution in [0.2, 0.25) is 0 Å². The zero-order valence-corrected chi connectivity index (χ0v) is 12.3. The van der Waals surface area contributed by atoms with Gasteiger partial charge in [0.15, 0.2) is 0 Å². The molecule has 1 aromatic carbocycles. The molecule has 21 heavy (non-hydrogen) atoms. The van der Waals surface area contributed by atoms with Crippen molar-refractivity contribution in [2.24, 2.45) is 0 Å². The number of hydrogen-bond acceptors (Lipinski definition) is 4. The topological polar surface area (TPSA) is 62.5 Å². The van der Waals surface area contributed by atoms with E-state index in [0.717, 1.165) is 11.0 Å². The number of benzene rings is 1. The van der Waals surface area contributed by atoms with Crippen molar-refractivity contribution < 1.29 is 14.3 Å². The lowest BCUT2D eigenvalue weighted by molar-refractivity contribution is 0.0344. The predicted molar refractivity (Wildman–Crippen MR) is 82.4 cm³/mol. The smallest absolute Gasteiger partial charge is 0.252 e. The fourth-order valence-corrected chi connectivity index (χ4v) is 2.72. The van der Waals surface area contributed by atoms with Crippen molar-refractivity contribution >= 4 is 28.2 Å². The highest BCUT2D eigenvalue weighted by Gasteiger charge is 2.28. The first-order valence-corrected chi connectivity index (χ1v) is 7.52. The maximum atomic E-state index is 11.9. The summed E-state index contributed by atoms with van der Waals surface area (Å²) in [6.07, 6.45) is 0. The Morgan fingerprint density at radius 2 is 2.19 bits per heavy atom. The molecule has 0 aliphatic heterocycles. The second-order valence-electron chi connectivity index (χ2n) is 5.12. The second kappa shape index (κ2) is 5.35. The molecule has 4 nitrogen and oxygen atoms in total. The van der Waals surface area contributed by atoms with Crippen molar-refractivity contribution in [1.82, 2.24) is 5.32 Å². The molecule has 0 saturated carbocycles. The van der Waals surface area contributed by atoms with Gasteiger partial charge in [0.1, 0.15) is 16.9 Å². The Morgan fingerprint density at radius 3 is 2.90 bits per heavy atom. The van der Waals surface area contributed by atoms with Gasteiger partial charge in [0.2, 0.25) is 0 Å². The number of hydrogen-bond donors (Lipinski definition) is 2. The zero-order valence-electron chi connectivity index (χ0n) is 11.5. The largest absolute Gasteiger partial charge is 0.458 e. The maximum Gasteiger partial charge on any atom is 0.252 e. The van der Waals surface area contributed by atoms with E-state index in [1.54, 1.807) is 24.4 Å². The Balaban J connectivity index is 1.75. The number of fused-ring (bicyclic) bond motifs is 1. The van der Waals surface area contributed by atoms with E-state index in [4.69, 9.17) is 4.42 Å². The van der Waals surface area contributed by atoms with Crippen molar-refractivity contribution in [3.05, 3.63) is 58.5 Å². The normalized spacial score (nSPS) is 14.0. The lowest BCUT2D eigenvalue weighted by Gasteiger charge is -2.20. The lowest BCUT2D eigenvalue weighted by atomic mass is 10.0. The third-order valence-corrected chi connectivity index (χ3v) is 4.02. The lowest BCUT2D eigenvalue weighted by Crippen LogP contribution is -2.38. The van der Waals surface area contributed by atoms with Gasteiger partial charge in [-0.2, -0.15) is 11.3 Å². The molecular formula is C16H15NO3S. The minimum atomic E-state index is -1.26. The summed E-state index contributed by atoms with van der Waals surface area (Å²) in [5, 5.41) is 17.8. The molecule has 2 N–H and O–H groups in total. The van der Waals surface area contributed by atoms with E-state index in [-0.39, 0.29) is 12.5 Å². The monoisotopic (exact) mass is 301 g/mol. The number of rotatable bonds is 4. The summed E-state index contributed by atoms with van der Waals surface area (Å²) in [7, 11) is 0. The fourth-order valence-electron chi connectivity index (χ4n) is 2.08. The molecule has 1 amide bonds. The van der Waals surface area contributed by atoms with Crippen LogP contribution < -0.4 is 5.32 Å².